The van der Waals surface area contributed by atoms with Gasteiger partial charge in [-0.05, 0) is 48.8 Å². The van der Waals surface area contributed by atoms with E-state index in [1.165, 1.54) is 0 Å². The third kappa shape index (κ3) is 7.72. The van der Waals surface area contributed by atoms with Gasteiger partial charge in [-0.2, -0.15) is 13.2 Å². The van der Waals surface area contributed by atoms with Crippen LogP contribution in [0.2, 0.25) is 0 Å². The monoisotopic (exact) mass is 478 g/mol. The smallest absolute Gasteiger partial charge is 0.395 e. The number of oxime groups is 1. The van der Waals surface area contributed by atoms with E-state index in [2.05, 4.69) is 10.5 Å². The number of nitrogens with zero attached hydrogens (tertiary/aromatic N) is 1. The third-order valence-electron chi connectivity index (χ3n) is 6.54. The number of halogens is 3. The number of hydrogen-bond acceptors (Lipinski definition) is 4. The van der Waals surface area contributed by atoms with Crippen molar-refractivity contribution < 1.29 is 27.9 Å². The molecule has 8 heteroatoms. The number of nitrogens with one attached hydrogen (secondary N) is 1. The van der Waals surface area contributed by atoms with Crippen LogP contribution in [0.1, 0.15) is 63.0 Å². The molecule has 0 amide bonds. The second-order valence-electron chi connectivity index (χ2n) is 9.08. The van der Waals surface area contributed by atoms with Gasteiger partial charge >= 0.3 is 12.1 Å². The van der Waals surface area contributed by atoms with E-state index in [1.807, 2.05) is 24.3 Å². The third-order valence-corrected chi connectivity index (χ3v) is 6.54. The molecule has 1 aromatic carbocycles. The summed E-state index contributed by atoms with van der Waals surface area (Å²) in [5.74, 6) is -2.26. The second kappa shape index (κ2) is 12.2. The molecule has 0 bridgehead atoms. The maximum Gasteiger partial charge on any atom is 0.395 e. The Balaban J connectivity index is 1.55. The van der Waals surface area contributed by atoms with Crippen LogP contribution in [0.15, 0.2) is 52.7 Å². The van der Waals surface area contributed by atoms with Crippen molar-refractivity contribution in [2.45, 2.75) is 71.2 Å². The zero-order valence-electron chi connectivity index (χ0n) is 19.5. The highest BCUT2D eigenvalue weighted by atomic mass is 19.4. The molecule has 1 aromatic rings. The molecule has 1 saturated carbocycles. The topological polar surface area (TPSA) is 70.9 Å². The molecule has 34 heavy (non-hydrogen) atoms. The minimum absolute atomic E-state index is 0.0296. The fraction of sp³-hybridized carbons (Fsp3) is 0.538. The van der Waals surface area contributed by atoms with Gasteiger partial charge in [0.2, 0.25) is 0 Å². The maximum absolute atomic E-state index is 13.9. The van der Waals surface area contributed by atoms with E-state index in [0.717, 1.165) is 43.2 Å². The summed E-state index contributed by atoms with van der Waals surface area (Å²) in [5.41, 5.74) is 3.45. The Hall–Kier alpha value is -2.61. The number of carboxylic acids is 1. The van der Waals surface area contributed by atoms with E-state index in [0.29, 0.717) is 29.9 Å². The normalized spacial score (nSPS) is 20.0. The van der Waals surface area contributed by atoms with Gasteiger partial charge in [0.1, 0.15) is 6.61 Å². The molecule has 2 aliphatic rings. The predicted octanol–water partition coefficient (Wildman–Crippen LogP) is 6.16. The van der Waals surface area contributed by atoms with Crippen LogP contribution in [0.4, 0.5) is 13.2 Å². The van der Waals surface area contributed by atoms with Gasteiger partial charge < -0.3 is 15.3 Å². The molecule has 2 N–H and O–H groups in total. The number of carboxylic acid groups (broad SMARTS) is 1. The van der Waals surface area contributed by atoms with Crippen LogP contribution in [0.5, 0.6) is 0 Å². The van der Waals surface area contributed by atoms with Crippen LogP contribution >= 0.6 is 0 Å². The molecule has 186 valence electrons. The molecule has 5 nitrogen and oxygen atoms in total. The molecular formula is C26H33F3N2O3. The quantitative estimate of drug-likeness (QED) is 0.240. The minimum atomic E-state index is -4.27. The molecule has 1 atom stereocenters. The number of rotatable bonds is 10. The minimum Gasteiger partial charge on any atom is -0.481 e. The summed E-state index contributed by atoms with van der Waals surface area (Å²) in [6, 6.07) is 7.60. The summed E-state index contributed by atoms with van der Waals surface area (Å²) < 4.78 is 41.6. The van der Waals surface area contributed by atoms with E-state index >= 15 is 0 Å². The average Bonchev–Trinajstić information content (AvgIpc) is 2.82. The van der Waals surface area contributed by atoms with Gasteiger partial charge in [0.05, 0.1) is 18.1 Å². The molecule has 0 aromatic heterocycles. The maximum atomic E-state index is 13.9. The first-order chi connectivity index (χ1) is 16.2. The lowest BCUT2D eigenvalue weighted by Crippen LogP contribution is -2.31. The molecule has 0 heterocycles. The van der Waals surface area contributed by atoms with Crippen molar-refractivity contribution in [2.75, 3.05) is 6.54 Å². The number of aliphatic carboxylic acids is 1. The van der Waals surface area contributed by atoms with Gasteiger partial charge in [-0.1, -0.05) is 66.4 Å². The zero-order valence-corrected chi connectivity index (χ0v) is 19.5. The van der Waals surface area contributed by atoms with Crippen LogP contribution in [0.3, 0.4) is 0 Å². The Bertz CT molecular complexity index is 914. The molecule has 0 saturated heterocycles. The molecule has 0 aliphatic heterocycles. The van der Waals surface area contributed by atoms with Crippen LogP contribution in [-0.2, 0) is 22.8 Å². The highest BCUT2D eigenvalue weighted by Gasteiger charge is 2.45. The number of carbonyl (C=O) groups is 1. The van der Waals surface area contributed by atoms with Crippen LogP contribution in [0.25, 0.3) is 0 Å². The number of allylic oxidation sites excluding steroid dienone is 4. The highest BCUT2D eigenvalue weighted by molar-refractivity contribution is 5.98. The van der Waals surface area contributed by atoms with Gasteiger partial charge in [0.15, 0.2) is 0 Å². The summed E-state index contributed by atoms with van der Waals surface area (Å²) >= 11 is 0. The first kappa shape index (κ1) is 26.0. The van der Waals surface area contributed by atoms with Crippen molar-refractivity contribution in [2.24, 2.45) is 17.0 Å². The molecule has 3 rings (SSSR count). The van der Waals surface area contributed by atoms with Crippen molar-refractivity contribution in [3.8, 4) is 0 Å². The van der Waals surface area contributed by atoms with Gasteiger partial charge in [0, 0.05) is 13.1 Å². The van der Waals surface area contributed by atoms with Crippen LogP contribution in [0, 0.1) is 11.8 Å². The van der Waals surface area contributed by atoms with Gasteiger partial charge in [-0.15, -0.1) is 0 Å². The molecule has 2 aliphatic carbocycles. The lowest BCUT2D eigenvalue weighted by Gasteiger charge is -2.33. The molecule has 1 fully saturated rings. The van der Waals surface area contributed by atoms with Gasteiger partial charge in [-0.25, -0.2) is 0 Å². The average molecular weight is 479 g/mol. The lowest BCUT2D eigenvalue weighted by atomic mass is 9.74. The summed E-state index contributed by atoms with van der Waals surface area (Å²) in [4.78, 5) is 16.0. The molecule has 0 spiro atoms. The van der Waals surface area contributed by atoms with Gasteiger partial charge in [0.25, 0.3) is 0 Å². The Morgan fingerprint density at radius 2 is 1.79 bits per heavy atom. The predicted molar refractivity (Wildman–Crippen MR) is 125 cm³/mol. The van der Waals surface area contributed by atoms with Crippen molar-refractivity contribution in [3.63, 3.8) is 0 Å². The summed E-state index contributed by atoms with van der Waals surface area (Å²) in [7, 11) is 0. The van der Waals surface area contributed by atoms with Gasteiger partial charge in [-0.3, -0.25) is 4.79 Å². The first-order valence-corrected chi connectivity index (χ1v) is 11.9. The largest absolute Gasteiger partial charge is 0.481 e. The Labute approximate surface area is 198 Å². The lowest BCUT2D eigenvalue weighted by molar-refractivity contribution is -0.165. The van der Waals surface area contributed by atoms with Crippen LogP contribution < -0.4 is 5.32 Å². The van der Waals surface area contributed by atoms with Crippen molar-refractivity contribution >= 4 is 11.7 Å². The second-order valence-corrected chi connectivity index (χ2v) is 9.08. The Morgan fingerprint density at radius 1 is 1.12 bits per heavy atom. The van der Waals surface area contributed by atoms with E-state index in [4.69, 9.17) is 9.94 Å². The Morgan fingerprint density at radius 3 is 2.44 bits per heavy atom. The number of benzene rings is 1. The van der Waals surface area contributed by atoms with Crippen molar-refractivity contribution in [1.29, 1.82) is 0 Å². The SMILES string of the molecule is C/C(=N\OCc1ccc(CNCCC(=O)O)cc1)C1=CC=C(C2CCCCC2)C(C(F)(F)F)C1. The molecule has 0 radical (unpaired) electrons. The van der Waals surface area contributed by atoms with E-state index in [-0.39, 0.29) is 25.4 Å². The van der Waals surface area contributed by atoms with E-state index in [9.17, 15) is 18.0 Å². The molecule has 1 unspecified atom stereocenters. The van der Waals surface area contributed by atoms with Crippen molar-refractivity contribution in [1.82, 2.24) is 5.32 Å². The Kier molecular flexibility index (Phi) is 9.33. The first-order valence-electron chi connectivity index (χ1n) is 11.9. The van der Waals surface area contributed by atoms with Crippen LogP contribution in [-0.4, -0.2) is 29.5 Å². The summed E-state index contributed by atoms with van der Waals surface area (Å²) in [6.07, 6.45) is 3.96. The van der Waals surface area contributed by atoms with E-state index in [1.54, 1.807) is 19.1 Å². The van der Waals surface area contributed by atoms with Crippen molar-refractivity contribution in [3.05, 3.63) is 58.7 Å². The number of hydrogen-bond donors (Lipinski definition) is 2. The number of alkyl halides is 3. The molecular weight excluding hydrogens is 445 g/mol. The van der Waals surface area contributed by atoms with E-state index < -0.39 is 18.1 Å². The fourth-order valence-corrected chi connectivity index (χ4v) is 4.59. The standard InChI is InChI=1S/C26H33F3N2O3/c1-18(31-34-17-20-9-7-19(8-10-20)16-30-14-13-25(32)33)22-11-12-23(21-5-3-2-4-6-21)24(15-22)26(27,28)29/h7-12,21,24,30H,2-6,13-17H2,1H3,(H,32,33)/b31-18+. The summed E-state index contributed by atoms with van der Waals surface area (Å²) in [6.45, 7) is 2.86. The zero-order chi connectivity index (χ0) is 24.6. The summed E-state index contributed by atoms with van der Waals surface area (Å²) in [5, 5.41) is 15.8. The fourth-order valence-electron chi connectivity index (χ4n) is 4.59. The highest BCUT2D eigenvalue weighted by Crippen LogP contribution is 2.45.